The third-order valence-electron chi connectivity index (χ3n) is 2.12. The molecular formula is C11H11N3O3. The third kappa shape index (κ3) is 2.81. The van der Waals surface area contributed by atoms with E-state index in [4.69, 9.17) is 9.84 Å². The number of hydrogen-bond acceptors (Lipinski definition) is 4. The molecule has 0 atom stereocenters. The number of carboxylic acids is 1. The van der Waals surface area contributed by atoms with Gasteiger partial charge in [0.25, 0.3) is 0 Å². The first-order valence-corrected chi connectivity index (χ1v) is 4.96. The molecular weight excluding hydrogens is 222 g/mol. The second kappa shape index (κ2) is 4.65. The van der Waals surface area contributed by atoms with Gasteiger partial charge in [-0.2, -0.15) is 0 Å². The van der Waals surface area contributed by atoms with Crippen molar-refractivity contribution >= 4 is 5.97 Å². The maximum atomic E-state index is 10.7. The van der Waals surface area contributed by atoms with Crippen LogP contribution in [0, 0.1) is 0 Å². The Labute approximate surface area is 97.4 Å². The summed E-state index contributed by atoms with van der Waals surface area (Å²) in [6.07, 6.45) is 1.74. The molecule has 0 spiro atoms. The maximum Gasteiger partial charge on any atom is 0.335 e. The predicted molar refractivity (Wildman–Crippen MR) is 58.7 cm³/mol. The number of ether oxygens (including phenoxy) is 1. The van der Waals surface area contributed by atoms with Gasteiger partial charge in [0.2, 0.25) is 0 Å². The molecule has 88 valence electrons. The van der Waals surface area contributed by atoms with Crippen molar-refractivity contribution in [2.45, 2.75) is 6.61 Å². The van der Waals surface area contributed by atoms with Crippen LogP contribution in [0.4, 0.5) is 0 Å². The Hall–Kier alpha value is -2.37. The minimum Gasteiger partial charge on any atom is -0.487 e. The van der Waals surface area contributed by atoms with E-state index in [9.17, 15) is 4.79 Å². The van der Waals surface area contributed by atoms with Crippen molar-refractivity contribution in [2.24, 2.45) is 7.05 Å². The molecule has 1 heterocycles. The number of benzene rings is 1. The number of hydrogen-bond donors (Lipinski definition) is 1. The predicted octanol–water partition coefficient (Wildman–Crippen LogP) is 1.09. The summed E-state index contributed by atoms with van der Waals surface area (Å²) in [5.74, 6) is -0.481. The van der Waals surface area contributed by atoms with Crippen molar-refractivity contribution in [3.8, 4) is 5.75 Å². The molecule has 0 saturated heterocycles. The van der Waals surface area contributed by atoms with Crippen molar-refractivity contribution in [2.75, 3.05) is 0 Å². The lowest BCUT2D eigenvalue weighted by molar-refractivity contribution is 0.0696. The third-order valence-corrected chi connectivity index (χ3v) is 2.12. The molecule has 0 saturated carbocycles. The van der Waals surface area contributed by atoms with Gasteiger partial charge in [-0.15, -0.1) is 5.10 Å². The highest BCUT2D eigenvalue weighted by molar-refractivity contribution is 5.87. The lowest BCUT2D eigenvalue weighted by Crippen LogP contribution is -1.99. The van der Waals surface area contributed by atoms with Crippen LogP contribution in [-0.2, 0) is 13.7 Å². The highest BCUT2D eigenvalue weighted by atomic mass is 16.5. The molecule has 1 N–H and O–H groups in total. The fourth-order valence-corrected chi connectivity index (χ4v) is 1.34. The topological polar surface area (TPSA) is 77.2 Å². The summed E-state index contributed by atoms with van der Waals surface area (Å²) >= 11 is 0. The number of aryl methyl sites for hydroxylation is 1. The van der Waals surface area contributed by atoms with Gasteiger partial charge in [-0.3, -0.25) is 4.68 Å². The van der Waals surface area contributed by atoms with Gasteiger partial charge in [0, 0.05) is 7.05 Å². The van der Waals surface area contributed by atoms with Crippen molar-refractivity contribution in [3.63, 3.8) is 0 Å². The van der Waals surface area contributed by atoms with E-state index in [0.29, 0.717) is 11.4 Å². The molecule has 0 unspecified atom stereocenters. The smallest absolute Gasteiger partial charge is 0.335 e. The normalized spacial score (nSPS) is 10.2. The molecule has 0 radical (unpaired) electrons. The Morgan fingerprint density at radius 2 is 2.35 bits per heavy atom. The Morgan fingerprint density at radius 3 is 3.00 bits per heavy atom. The van der Waals surface area contributed by atoms with Crippen LogP contribution in [0.2, 0.25) is 0 Å². The van der Waals surface area contributed by atoms with Gasteiger partial charge in [0.05, 0.1) is 11.8 Å². The van der Waals surface area contributed by atoms with E-state index >= 15 is 0 Å². The monoisotopic (exact) mass is 233 g/mol. The number of aromatic carboxylic acids is 1. The van der Waals surface area contributed by atoms with Gasteiger partial charge < -0.3 is 9.84 Å². The molecule has 1 aromatic heterocycles. The zero-order valence-electron chi connectivity index (χ0n) is 9.20. The lowest BCUT2D eigenvalue weighted by Gasteiger charge is -2.04. The van der Waals surface area contributed by atoms with Crippen LogP contribution in [0.15, 0.2) is 30.5 Å². The summed E-state index contributed by atoms with van der Waals surface area (Å²) in [6, 6.07) is 6.31. The van der Waals surface area contributed by atoms with Crippen molar-refractivity contribution in [1.82, 2.24) is 15.0 Å². The van der Waals surface area contributed by atoms with Gasteiger partial charge >= 0.3 is 5.97 Å². The van der Waals surface area contributed by atoms with E-state index in [1.165, 1.54) is 12.1 Å². The number of aromatic nitrogens is 3. The van der Waals surface area contributed by atoms with Crippen LogP contribution >= 0.6 is 0 Å². The largest absolute Gasteiger partial charge is 0.487 e. The zero-order valence-corrected chi connectivity index (χ0v) is 9.20. The van der Waals surface area contributed by atoms with Crippen LogP contribution in [0.25, 0.3) is 0 Å². The highest BCUT2D eigenvalue weighted by Crippen LogP contribution is 2.14. The molecule has 2 aromatic rings. The summed E-state index contributed by atoms with van der Waals surface area (Å²) < 4.78 is 6.99. The Morgan fingerprint density at radius 1 is 1.53 bits per heavy atom. The van der Waals surface area contributed by atoms with Crippen LogP contribution in [0.5, 0.6) is 5.75 Å². The van der Waals surface area contributed by atoms with E-state index < -0.39 is 5.97 Å². The number of nitrogens with zero attached hydrogens (tertiary/aromatic N) is 3. The highest BCUT2D eigenvalue weighted by Gasteiger charge is 2.04. The molecule has 0 aliphatic carbocycles. The molecule has 0 aliphatic rings. The second-order valence-electron chi connectivity index (χ2n) is 3.51. The van der Waals surface area contributed by atoms with Crippen LogP contribution in [0.1, 0.15) is 16.1 Å². The van der Waals surface area contributed by atoms with Crippen molar-refractivity contribution in [3.05, 3.63) is 41.7 Å². The van der Waals surface area contributed by atoms with Crippen molar-refractivity contribution < 1.29 is 14.6 Å². The van der Waals surface area contributed by atoms with Gasteiger partial charge in [-0.25, -0.2) is 4.79 Å². The quantitative estimate of drug-likeness (QED) is 0.855. The van der Waals surface area contributed by atoms with Crippen LogP contribution < -0.4 is 4.74 Å². The van der Waals surface area contributed by atoms with Gasteiger partial charge in [-0.1, -0.05) is 11.3 Å². The molecule has 6 heteroatoms. The Kier molecular flexibility index (Phi) is 3.04. The number of carbonyl (C=O) groups is 1. The van der Waals surface area contributed by atoms with E-state index in [-0.39, 0.29) is 12.2 Å². The molecule has 2 rings (SSSR count). The molecule has 0 amide bonds. The average molecular weight is 233 g/mol. The van der Waals surface area contributed by atoms with Crippen LogP contribution in [0.3, 0.4) is 0 Å². The van der Waals surface area contributed by atoms with Crippen molar-refractivity contribution in [1.29, 1.82) is 0 Å². The minimum atomic E-state index is -0.977. The molecule has 0 bridgehead atoms. The summed E-state index contributed by atoms with van der Waals surface area (Å²) in [7, 11) is 1.77. The minimum absolute atomic E-state index is 0.196. The second-order valence-corrected chi connectivity index (χ2v) is 3.51. The summed E-state index contributed by atoms with van der Waals surface area (Å²) in [4.78, 5) is 10.7. The first-order valence-electron chi connectivity index (χ1n) is 4.96. The fraction of sp³-hybridized carbons (Fsp3) is 0.182. The van der Waals surface area contributed by atoms with Gasteiger partial charge in [0.15, 0.2) is 0 Å². The van der Waals surface area contributed by atoms with Gasteiger partial charge in [0.1, 0.15) is 18.1 Å². The fourth-order valence-electron chi connectivity index (χ4n) is 1.34. The van der Waals surface area contributed by atoms with Gasteiger partial charge in [-0.05, 0) is 18.2 Å². The summed E-state index contributed by atoms with van der Waals surface area (Å²) in [5.41, 5.74) is 0.884. The molecule has 6 nitrogen and oxygen atoms in total. The Balaban J connectivity index is 2.04. The Bertz CT molecular complexity index is 536. The average Bonchev–Trinajstić information content (AvgIpc) is 2.73. The molecule has 0 fully saturated rings. The maximum absolute atomic E-state index is 10.7. The van der Waals surface area contributed by atoms with E-state index in [0.717, 1.165) is 0 Å². The number of rotatable bonds is 4. The zero-order chi connectivity index (χ0) is 12.3. The van der Waals surface area contributed by atoms with Crippen LogP contribution in [-0.4, -0.2) is 26.1 Å². The molecule has 1 aromatic carbocycles. The first-order chi connectivity index (χ1) is 8.15. The summed E-state index contributed by atoms with van der Waals surface area (Å²) in [6.45, 7) is 0.261. The SMILES string of the molecule is Cn1cc(COc2cccc(C(=O)O)c2)nn1. The molecule has 17 heavy (non-hydrogen) atoms. The first kappa shape index (κ1) is 11.1. The number of carboxylic acid groups (broad SMARTS) is 1. The van der Waals surface area contributed by atoms with E-state index in [2.05, 4.69) is 10.3 Å². The lowest BCUT2D eigenvalue weighted by atomic mass is 10.2. The summed E-state index contributed by atoms with van der Waals surface area (Å²) in [5, 5.41) is 16.4. The molecule has 0 aliphatic heterocycles. The van der Waals surface area contributed by atoms with E-state index in [1.807, 2.05) is 0 Å². The van der Waals surface area contributed by atoms with E-state index in [1.54, 1.807) is 30.1 Å². The standard InChI is InChI=1S/C11H11N3O3/c1-14-6-9(12-13-14)7-17-10-4-2-3-8(5-10)11(15)16/h2-6H,7H2,1H3,(H,15,16).